The van der Waals surface area contributed by atoms with Crippen molar-refractivity contribution in [2.24, 2.45) is 5.92 Å². The summed E-state index contributed by atoms with van der Waals surface area (Å²) < 4.78 is 20.5. The van der Waals surface area contributed by atoms with Crippen molar-refractivity contribution in [1.82, 2.24) is 0 Å². The molecule has 0 aromatic heterocycles. The first-order chi connectivity index (χ1) is 17.6. The van der Waals surface area contributed by atoms with E-state index < -0.39 is 16.6 Å². The third kappa shape index (κ3) is 7.55. The Bertz CT molecular complexity index is 968. The molecular formula is C32H52O4Si2. The van der Waals surface area contributed by atoms with E-state index in [1.165, 1.54) is 10.4 Å². The Kier molecular flexibility index (Phi) is 11.4. The van der Waals surface area contributed by atoms with Crippen LogP contribution in [0.5, 0.6) is 0 Å². The van der Waals surface area contributed by atoms with Gasteiger partial charge in [0.2, 0.25) is 0 Å². The number of aliphatic hydroxyl groups is 1. The first-order valence-electron chi connectivity index (χ1n) is 13.8. The van der Waals surface area contributed by atoms with Crippen LogP contribution in [-0.2, 0) is 13.6 Å². The molecule has 2 aromatic carbocycles. The monoisotopic (exact) mass is 556 g/mol. The van der Waals surface area contributed by atoms with Gasteiger partial charge >= 0.3 is 0 Å². The van der Waals surface area contributed by atoms with Gasteiger partial charge in [-0.1, -0.05) is 121 Å². The Morgan fingerprint density at radius 1 is 0.868 bits per heavy atom. The average Bonchev–Trinajstić information content (AvgIpc) is 2.85. The van der Waals surface area contributed by atoms with Gasteiger partial charge < -0.3 is 18.7 Å². The van der Waals surface area contributed by atoms with Crippen LogP contribution in [0, 0.1) is 5.92 Å². The maximum Gasteiger partial charge on any atom is 0.261 e. The zero-order chi connectivity index (χ0) is 28.8. The van der Waals surface area contributed by atoms with Gasteiger partial charge in [0.05, 0.1) is 19.3 Å². The van der Waals surface area contributed by atoms with Crippen LogP contribution in [-0.4, -0.2) is 54.3 Å². The molecule has 6 heteroatoms. The van der Waals surface area contributed by atoms with Gasteiger partial charge in [-0.25, -0.2) is 0 Å². The van der Waals surface area contributed by atoms with Crippen LogP contribution < -0.4 is 10.4 Å². The zero-order valence-corrected chi connectivity index (χ0v) is 27.7. The van der Waals surface area contributed by atoms with Crippen molar-refractivity contribution >= 4 is 27.0 Å². The molecule has 0 aliphatic rings. The number of benzene rings is 2. The van der Waals surface area contributed by atoms with Crippen LogP contribution in [0.4, 0.5) is 0 Å². The maximum absolute atomic E-state index is 9.72. The van der Waals surface area contributed by atoms with Crippen LogP contribution in [0.3, 0.4) is 0 Å². The van der Waals surface area contributed by atoms with Crippen molar-refractivity contribution < 1.29 is 18.7 Å². The van der Waals surface area contributed by atoms with E-state index in [1.807, 2.05) is 6.92 Å². The highest BCUT2D eigenvalue weighted by Gasteiger charge is 2.51. The topological polar surface area (TPSA) is 47.9 Å². The Labute approximate surface area is 234 Å². The molecule has 0 unspecified atom stereocenters. The highest BCUT2D eigenvalue weighted by atomic mass is 28.4. The molecule has 0 saturated carbocycles. The molecule has 0 radical (unpaired) electrons. The van der Waals surface area contributed by atoms with Gasteiger partial charge in [0.15, 0.2) is 8.32 Å². The number of rotatable bonds is 12. The summed E-state index contributed by atoms with van der Waals surface area (Å²) in [6.07, 6.45) is 1.64. The lowest BCUT2D eigenvalue weighted by molar-refractivity contribution is -0.0450. The van der Waals surface area contributed by atoms with Crippen molar-refractivity contribution in [2.75, 3.05) is 20.3 Å². The predicted octanol–water partition coefficient (Wildman–Crippen LogP) is 6.54. The van der Waals surface area contributed by atoms with Crippen molar-refractivity contribution in [3.63, 3.8) is 0 Å². The first kappa shape index (κ1) is 32.7. The maximum atomic E-state index is 9.72. The summed E-state index contributed by atoms with van der Waals surface area (Å²) in [6.45, 7) is 22.8. The Balaban J connectivity index is 2.59. The fourth-order valence-corrected chi connectivity index (χ4v) is 10.9. The molecule has 0 amide bonds. The summed E-state index contributed by atoms with van der Waals surface area (Å²) in [7, 11) is -3.09. The Hall–Kier alpha value is -1.55. The van der Waals surface area contributed by atoms with Crippen LogP contribution in [0.15, 0.2) is 72.3 Å². The molecule has 0 aliphatic carbocycles. The van der Waals surface area contributed by atoms with Crippen molar-refractivity contribution in [1.29, 1.82) is 0 Å². The molecule has 1 N–H and O–H groups in total. The minimum atomic E-state index is -2.72. The third-order valence-corrected chi connectivity index (χ3v) is 17.6. The van der Waals surface area contributed by atoms with E-state index in [9.17, 15) is 5.11 Å². The molecule has 3 atom stereocenters. The lowest BCUT2D eigenvalue weighted by Gasteiger charge is -2.46. The minimum Gasteiger partial charge on any atom is -0.411 e. The molecule has 2 rings (SSSR count). The Morgan fingerprint density at radius 2 is 1.34 bits per heavy atom. The minimum absolute atomic E-state index is 0.0351. The number of hydrogen-bond donors (Lipinski definition) is 1. The number of ether oxygens (including phenoxy) is 1. The summed E-state index contributed by atoms with van der Waals surface area (Å²) in [5.74, 6) is 0.0454. The van der Waals surface area contributed by atoms with E-state index in [4.69, 9.17) is 13.6 Å². The van der Waals surface area contributed by atoms with Crippen molar-refractivity contribution in [3.8, 4) is 0 Å². The second-order valence-electron chi connectivity index (χ2n) is 13.1. The van der Waals surface area contributed by atoms with Crippen LogP contribution >= 0.6 is 0 Å². The molecule has 0 aliphatic heterocycles. The second kappa shape index (κ2) is 13.2. The van der Waals surface area contributed by atoms with E-state index in [2.05, 4.69) is 128 Å². The van der Waals surface area contributed by atoms with Crippen LogP contribution in [0.1, 0.15) is 55.4 Å². The second-order valence-corrected chi connectivity index (χ2v) is 22.2. The van der Waals surface area contributed by atoms with E-state index in [-0.39, 0.29) is 34.8 Å². The molecule has 2 aromatic rings. The van der Waals surface area contributed by atoms with Gasteiger partial charge in [-0.2, -0.15) is 0 Å². The summed E-state index contributed by atoms with van der Waals surface area (Å²) in [6, 6.07) is 21.4. The fraction of sp³-hybridized carbons (Fsp3) is 0.562. The molecule has 0 heterocycles. The highest BCUT2D eigenvalue weighted by Crippen LogP contribution is 2.40. The quantitative estimate of drug-likeness (QED) is 0.238. The fourth-order valence-electron chi connectivity index (χ4n) is 4.90. The first-order valence-corrected chi connectivity index (χ1v) is 18.7. The number of hydrogen-bond acceptors (Lipinski definition) is 4. The van der Waals surface area contributed by atoms with Gasteiger partial charge in [0, 0.05) is 13.0 Å². The summed E-state index contributed by atoms with van der Waals surface area (Å²) >= 11 is 0. The Morgan fingerprint density at radius 3 is 1.71 bits per heavy atom. The van der Waals surface area contributed by atoms with Gasteiger partial charge in [-0.05, 0) is 40.5 Å². The van der Waals surface area contributed by atoms with Gasteiger partial charge in [-0.15, -0.1) is 0 Å². The predicted molar refractivity (Wildman–Crippen MR) is 166 cm³/mol. The van der Waals surface area contributed by atoms with Crippen molar-refractivity contribution in [2.45, 2.75) is 90.8 Å². The van der Waals surface area contributed by atoms with Gasteiger partial charge in [0.25, 0.3) is 8.32 Å². The molecule has 0 saturated heterocycles. The zero-order valence-electron chi connectivity index (χ0n) is 25.7. The van der Waals surface area contributed by atoms with E-state index in [0.717, 1.165) is 5.57 Å². The number of methoxy groups -OCH3 is 1. The smallest absolute Gasteiger partial charge is 0.261 e. The summed E-state index contributed by atoms with van der Waals surface area (Å²) in [5.41, 5.74) is 0.934. The highest BCUT2D eigenvalue weighted by molar-refractivity contribution is 6.99. The molecule has 0 spiro atoms. The van der Waals surface area contributed by atoms with E-state index in [1.54, 1.807) is 7.11 Å². The molecule has 0 bridgehead atoms. The van der Waals surface area contributed by atoms with Crippen molar-refractivity contribution in [3.05, 3.63) is 72.3 Å². The summed E-state index contributed by atoms with van der Waals surface area (Å²) in [4.78, 5) is 0. The molecule has 4 nitrogen and oxygen atoms in total. The third-order valence-electron chi connectivity index (χ3n) is 8.10. The van der Waals surface area contributed by atoms with Crippen LogP contribution in [0.25, 0.3) is 0 Å². The molecular weight excluding hydrogens is 505 g/mol. The lowest BCUT2D eigenvalue weighted by Crippen LogP contribution is -2.67. The SMILES string of the molecule is CO[C@@H](CO[Si](c1ccccc1)(c1ccccc1)C(C)(C)C)[C@@H](O[Si](C)(C)C(C)(C)C)[C@H](C)/C=C(/C)CO. The standard InChI is InChI=1S/C32H52O4Si2/c1-25(23-33)22-26(2)30(36-37(10,11)31(3,4)5)29(34-9)24-35-38(32(6,7)8,27-18-14-12-15-19-27)28-20-16-13-17-21-28/h12-22,26,29-30,33H,23-24H2,1-11H3/b25-22-/t26-,29+,30+/m1/s1. The largest absolute Gasteiger partial charge is 0.411 e. The molecule has 0 fully saturated rings. The van der Waals surface area contributed by atoms with E-state index >= 15 is 0 Å². The molecule has 38 heavy (non-hydrogen) atoms. The number of aliphatic hydroxyl groups excluding tert-OH is 1. The lowest BCUT2D eigenvalue weighted by atomic mass is 9.97. The van der Waals surface area contributed by atoms with Crippen LogP contribution in [0.2, 0.25) is 23.2 Å². The molecule has 212 valence electrons. The summed E-state index contributed by atoms with van der Waals surface area (Å²) in [5, 5.41) is 12.2. The van der Waals surface area contributed by atoms with E-state index in [0.29, 0.717) is 6.61 Å². The van der Waals surface area contributed by atoms with Gasteiger partial charge in [0.1, 0.15) is 6.10 Å². The average molecular weight is 557 g/mol. The normalized spacial score (nSPS) is 16.3. The van der Waals surface area contributed by atoms with Gasteiger partial charge in [-0.3, -0.25) is 0 Å².